The normalized spacial score (nSPS) is 10.8. The number of likely N-dealkylation sites (N-methyl/N-ethyl adjacent to an activating group) is 1. The molecule has 0 aliphatic rings. The highest BCUT2D eigenvalue weighted by Crippen LogP contribution is 1.85. The summed E-state index contributed by atoms with van der Waals surface area (Å²) >= 11 is 0. The van der Waals surface area contributed by atoms with Crippen LogP contribution in [0.25, 0.3) is 0 Å². The van der Waals surface area contributed by atoms with Crippen LogP contribution in [0.4, 0.5) is 0 Å². The first-order valence-corrected chi connectivity index (χ1v) is 3.66. The monoisotopic (exact) mass is 157 g/mol. The van der Waals surface area contributed by atoms with Gasteiger partial charge in [0.15, 0.2) is 0 Å². The first-order valence-electron chi connectivity index (χ1n) is 3.66. The van der Waals surface area contributed by atoms with Gasteiger partial charge in [0, 0.05) is 0 Å². The van der Waals surface area contributed by atoms with Gasteiger partial charge in [-0.1, -0.05) is 6.58 Å². The van der Waals surface area contributed by atoms with Crippen LogP contribution in [0.5, 0.6) is 0 Å². The van der Waals surface area contributed by atoms with Crippen LogP contribution >= 0.6 is 0 Å². The second kappa shape index (κ2) is 4.13. The molecule has 0 fully saturated rings. The Balaban J connectivity index is 3.42. The quantitative estimate of drug-likeness (QED) is 0.451. The molecule has 0 atom stereocenters. The Morgan fingerprint density at radius 3 is 2.45 bits per heavy atom. The van der Waals surface area contributed by atoms with Crippen LogP contribution in [0.2, 0.25) is 0 Å². The number of quaternary nitrogens is 1. The van der Waals surface area contributed by atoms with E-state index in [-0.39, 0.29) is 5.91 Å². The standard InChI is InChI=1S/C8H16N2O/c1-5-8(11)9-6-7-10(2,3)4/h5H,1,6-7H2,2-4H3/p+1. The average molecular weight is 157 g/mol. The molecule has 0 saturated heterocycles. The Morgan fingerprint density at radius 2 is 2.09 bits per heavy atom. The van der Waals surface area contributed by atoms with Crippen LogP contribution in [-0.4, -0.2) is 44.6 Å². The molecule has 0 aromatic rings. The second-order valence-electron chi connectivity index (χ2n) is 3.51. The minimum absolute atomic E-state index is 0.0987. The molecule has 0 spiro atoms. The SMILES string of the molecule is C=CC(=O)NCC[N+](C)(C)C. The van der Waals surface area contributed by atoms with Gasteiger partial charge in [-0.25, -0.2) is 0 Å². The number of hydrogen-bond acceptors (Lipinski definition) is 1. The molecule has 11 heavy (non-hydrogen) atoms. The molecule has 0 aliphatic carbocycles. The predicted octanol–water partition coefficient (Wildman–Crippen LogP) is -0.00520. The molecular formula is C8H17N2O+. The van der Waals surface area contributed by atoms with Crippen LogP contribution in [0.3, 0.4) is 0 Å². The molecule has 1 amide bonds. The van der Waals surface area contributed by atoms with Crippen molar-refractivity contribution in [2.75, 3.05) is 34.2 Å². The van der Waals surface area contributed by atoms with E-state index in [2.05, 4.69) is 33.0 Å². The van der Waals surface area contributed by atoms with Crippen molar-refractivity contribution in [2.45, 2.75) is 0 Å². The molecule has 0 rings (SSSR count). The van der Waals surface area contributed by atoms with E-state index in [1.807, 2.05) is 0 Å². The van der Waals surface area contributed by atoms with Crippen molar-refractivity contribution in [3.8, 4) is 0 Å². The Labute approximate surface area is 68.3 Å². The molecule has 3 nitrogen and oxygen atoms in total. The molecule has 0 radical (unpaired) electrons. The van der Waals surface area contributed by atoms with Crippen molar-refractivity contribution < 1.29 is 9.28 Å². The zero-order chi connectivity index (χ0) is 8.91. The first kappa shape index (κ1) is 10.2. The highest BCUT2D eigenvalue weighted by atomic mass is 16.1. The molecule has 0 aromatic carbocycles. The molecule has 1 N–H and O–H groups in total. The summed E-state index contributed by atoms with van der Waals surface area (Å²) in [6, 6.07) is 0. The molecule has 0 unspecified atom stereocenters. The lowest BCUT2D eigenvalue weighted by atomic mass is 10.5. The third-order valence-electron chi connectivity index (χ3n) is 1.27. The van der Waals surface area contributed by atoms with Gasteiger partial charge >= 0.3 is 0 Å². The van der Waals surface area contributed by atoms with E-state index < -0.39 is 0 Å². The summed E-state index contributed by atoms with van der Waals surface area (Å²) in [5.74, 6) is -0.0987. The third-order valence-corrected chi connectivity index (χ3v) is 1.27. The van der Waals surface area contributed by atoms with Gasteiger partial charge in [0.05, 0.1) is 34.2 Å². The fourth-order valence-electron chi connectivity index (χ4n) is 0.587. The molecule has 0 aromatic heterocycles. The van der Waals surface area contributed by atoms with Crippen molar-refractivity contribution in [3.63, 3.8) is 0 Å². The summed E-state index contributed by atoms with van der Waals surface area (Å²) in [6.45, 7) is 4.99. The number of amides is 1. The maximum atomic E-state index is 10.7. The van der Waals surface area contributed by atoms with Gasteiger partial charge in [-0.15, -0.1) is 0 Å². The Kier molecular flexibility index (Phi) is 3.82. The van der Waals surface area contributed by atoms with E-state index in [9.17, 15) is 4.79 Å². The van der Waals surface area contributed by atoms with E-state index in [1.54, 1.807) is 0 Å². The second-order valence-corrected chi connectivity index (χ2v) is 3.51. The largest absolute Gasteiger partial charge is 0.347 e. The highest BCUT2D eigenvalue weighted by Gasteiger charge is 2.05. The van der Waals surface area contributed by atoms with Crippen molar-refractivity contribution in [1.82, 2.24) is 5.32 Å². The average Bonchev–Trinajstić information content (AvgIpc) is 1.85. The maximum absolute atomic E-state index is 10.7. The van der Waals surface area contributed by atoms with Gasteiger partial charge in [0.1, 0.15) is 0 Å². The van der Waals surface area contributed by atoms with Crippen LogP contribution < -0.4 is 5.32 Å². The van der Waals surface area contributed by atoms with Crippen LogP contribution in [0.1, 0.15) is 0 Å². The van der Waals surface area contributed by atoms with Crippen LogP contribution in [0.15, 0.2) is 12.7 Å². The van der Waals surface area contributed by atoms with Gasteiger partial charge in [-0.2, -0.15) is 0 Å². The molecule has 0 saturated carbocycles. The van der Waals surface area contributed by atoms with E-state index in [0.717, 1.165) is 11.0 Å². The molecule has 3 heteroatoms. The molecule has 0 heterocycles. The summed E-state index contributed by atoms with van der Waals surface area (Å²) in [5, 5.41) is 2.72. The first-order chi connectivity index (χ1) is 4.95. The van der Waals surface area contributed by atoms with E-state index in [4.69, 9.17) is 0 Å². The predicted molar refractivity (Wildman–Crippen MR) is 46.1 cm³/mol. The van der Waals surface area contributed by atoms with E-state index in [1.165, 1.54) is 6.08 Å². The smallest absolute Gasteiger partial charge is 0.243 e. The van der Waals surface area contributed by atoms with Crippen molar-refractivity contribution >= 4 is 5.91 Å². The van der Waals surface area contributed by atoms with Gasteiger partial charge < -0.3 is 9.80 Å². The van der Waals surface area contributed by atoms with Crippen LogP contribution in [-0.2, 0) is 4.79 Å². The Bertz CT molecular complexity index is 147. The van der Waals surface area contributed by atoms with E-state index >= 15 is 0 Å². The van der Waals surface area contributed by atoms with Gasteiger partial charge in [-0.05, 0) is 6.08 Å². The summed E-state index contributed by atoms with van der Waals surface area (Å²) in [7, 11) is 6.25. The van der Waals surface area contributed by atoms with Crippen LogP contribution in [0, 0.1) is 0 Å². The Hall–Kier alpha value is -0.830. The van der Waals surface area contributed by atoms with Crippen molar-refractivity contribution in [1.29, 1.82) is 0 Å². The van der Waals surface area contributed by atoms with Crippen molar-refractivity contribution in [3.05, 3.63) is 12.7 Å². The Morgan fingerprint density at radius 1 is 1.55 bits per heavy atom. The number of nitrogens with one attached hydrogen (secondary N) is 1. The summed E-state index contributed by atoms with van der Waals surface area (Å²) < 4.78 is 0.859. The summed E-state index contributed by atoms with van der Waals surface area (Å²) in [6.07, 6.45) is 1.29. The number of hydrogen-bond donors (Lipinski definition) is 1. The van der Waals surface area contributed by atoms with Gasteiger partial charge in [-0.3, -0.25) is 4.79 Å². The lowest BCUT2D eigenvalue weighted by Gasteiger charge is -2.23. The summed E-state index contributed by atoms with van der Waals surface area (Å²) in [5.41, 5.74) is 0. The van der Waals surface area contributed by atoms with E-state index in [0.29, 0.717) is 6.54 Å². The zero-order valence-electron chi connectivity index (χ0n) is 7.55. The molecule has 0 aliphatic heterocycles. The fraction of sp³-hybridized carbons (Fsp3) is 0.625. The third kappa shape index (κ3) is 7.06. The fourth-order valence-corrected chi connectivity index (χ4v) is 0.587. The number of rotatable bonds is 4. The topological polar surface area (TPSA) is 29.1 Å². The zero-order valence-corrected chi connectivity index (χ0v) is 7.55. The maximum Gasteiger partial charge on any atom is 0.243 e. The highest BCUT2D eigenvalue weighted by molar-refractivity contribution is 5.86. The van der Waals surface area contributed by atoms with Gasteiger partial charge in [0.25, 0.3) is 0 Å². The molecule has 0 bridgehead atoms. The van der Waals surface area contributed by atoms with Gasteiger partial charge in [0.2, 0.25) is 5.91 Å². The lowest BCUT2D eigenvalue weighted by Crippen LogP contribution is -2.41. The molecular weight excluding hydrogens is 140 g/mol. The summed E-state index contributed by atoms with van der Waals surface area (Å²) in [4.78, 5) is 10.7. The lowest BCUT2D eigenvalue weighted by molar-refractivity contribution is -0.869. The van der Waals surface area contributed by atoms with Crippen molar-refractivity contribution in [2.24, 2.45) is 0 Å². The molecule has 64 valence electrons. The minimum Gasteiger partial charge on any atom is -0.347 e. The number of carbonyl (C=O) groups excluding carboxylic acids is 1. The number of carbonyl (C=O) groups is 1. The minimum atomic E-state index is -0.0987. The number of nitrogens with zero attached hydrogens (tertiary/aromatic N) is 1.